The molecule has 2 rings (SSSR count). The summed E-state index contributed by atoms with van der Waals surface area (Å²) in [5.41, 5.74) is 0. The van der Waals surface area contributed by atoms with Gasteiger partial charge in [-0.1, -0.05) is 0 Å². The normalized spacial score (nSPS) is 28.9. The third-order valence-corrected chi connectivity index (χ3v) is 2.88. The summed E-state index contributed by atoms with van der Waals surface area (Å²) in [4.78, 5) is 0. The van der Waals surface area contributed by atoms with Gasteiger partial charge in [0.2, 0.25) is 0 Å². The summed E-state index contributed by atoms with van der Waals surface area (Å²) in [5.74, 6) is 0.100. The van der Waals surface area contributed by atoms with Crippen LogP contribution in [0.25, 0.3) is 0 Å². The Hall–Kier alpha value is -0.610. The topological polar surface area (TPSA) is 51.1 Å². The maximum atomic E-state index is 8.38. The van der Waals surface area contributed by atoms with Crippen LogP contribution in [0.5, 0.6) is 0 Å². The summed E-state index contributed by atoms with van der Waals surface area (Å²) in [6.07, 6.45) is 5.43. The summed E-state index contributed by atoms with van der Waals surface area (Å²) in [6, 6.07) is 0. The van der Waals surface area contributed by atoms with Crippen molar-refractivity contribution in [1.82, 2.24) is 0 Å². The van der Waals surface area contributed by atoms with Crippen LogP contribution in [0.4, 0.5) is 0 Å². The number of oxime groups is 1. The third kappa shape index (κ3) is 1.84. The van der Waals surface area contributed by atoms with E-state index in [-0.39, 0.29) is 5.79 Å². The SMILES string of the molecule is O/N=C\C1CCC2(CC1)OCCO2. The molecule has 1 spiro atoms. The van der Waals surface area contributed by atoms with Gasteiger partial charge in [0, 0.05) is 19.1 Å². The van der Waals surface area contributed by atoms with Gasteiger partial charge >= 0.3 is 0 Å². The van der Waals surface area contributed by atoms with Crippen LogP contribution in [-0.4, -0.2) is 30.4 Å². The molecule has 0 aromatic rings. The molecule has 0 aromatic heterocycles. The average molecular weight is 185 g/mol. The Labute approximate surface area is 77.5 Å². The molecule has 1 heterocycles. The Morgan fingerprint density at radius 2 is 1.85 bits per heavy atom. The highest BCUT2D eigenvalue weighted by Crippen LogP contribution is 2.37. The molecular weight excluding hydrogens is 170 g/mol. The van der Waals surface area contributed by atoms with E-state index >= 15 is 0 Å². The van der Waals surface area contributed by atoms with Crippen molar-refractivity contribution in [1.29, 1.82) is 0 Å². The molecule has 1 aliphatic heterocycles. The highest BCUT2D eigenvalue weighted by molar-refractivity contribution is 5.59. The monoisotopic (exact) mass is 185 g/mol. The van der Waals surface area contributed by atoms with Gasteiger partial charge in [0.05, 0.1) is 13.2 Å². The number of ether oxygens (including phenoxy) is 2. The Bertz CT molecular complexity index is 189. The van der Waals surface area contributed by atoms with Crippen LogP contribution < -0.4 is 0 Å². The second-order valence-corrected chi connectivity index (χ2v) is 3.71. The quantitative estimate of drug-likeness (QED) is 0.381. The molecule has 0 atom stereocenters. The number of hydrogen-bond donors (Lipinski definition) is 1. The van der Waals surface area contributed by atoms with E-state index in [1.165, 1.54) is 0 Å². The predicted octanol–water partition coefficient (Wildman–Crippen LogP) is 1.38. The molecule has 0 bridgehead atoms. The second kappa shape index (κ2) is 3.64. The van der Waals surface area contributed by atoms with E-state index in [9.17, 15) is 0 Å². The Morgan fingerprint density at radius 3 is 2.38 bits per heavy atom. The predicted molar refractivity (Wildman–Crippen MR) is 46.9 cm³/mol. The Morgan fingerprint density at radius 1 is 1.23 bits per heavy atom. The highest BCUT2D eigenvalue weighted by Gasteiger charge is 2.39. The van der Waals surface area contributed by atoms with E-state index in [0.29, 0.717) is 5.92 Å². The minimum Gasteiger partial charge on any atom is -0.411 e. The third-order valence-electron chi connectivity index (χ3n) is 2.88. The lowest BCUT2D eigenvalue weighted by molar-refractivity contribution is -0.179. The lowest BCUT2D eigenvalue weighted by atomic mass is 9.86. The van der Waals surface area contributed by atoms with Gasteiger partial charge in [0.25, 0.3) is 0 Å². The lowest BCUT2D eigenvalue weighted by Crippen LogP contribution is -2.35. The van der Waals surface area contributed by atoms with E-state index in [0.717, 1.165) is 38.9 Å². The Kier molecular flexibility index (Phi) is 2.51. The molecule has 13 heavy (non-hydrogen) atoms. The molecule has 1 N–H and O–H groups in total. The van der Waals surface area contributed by atoms with Gasteiger partial charge in [-0.2, -0.15) is 0 Å². The minimum atomic E-state index is -0.292. The van der Waals surface area contributed by atoms with Gasteiger partial charge in [-0.15, -0.1) is 5.16 Å². The van der Waals surface area contributed by atoms with Gasteiger partial charge in [-0.3, -0.25) is 0 Å². The van der Waals surface area contributed by atoms with Gasteiger partial charge < -0.3 is 14.7 Å². The highest BCUT2D eigenvalue weighted by atomic mass is 16.7. The Balaban J connectivity index is 1.88. The van der Waals surface area contributed by atoms with E-state index in [2.05, 4.69) is 5.16 Å². The molecule has 1 saturated heterocycles. The van der Waals surface area contributed by atoms with Crippen molar-refractivity contribution < 1.29 is 14.7 Å². The molecule has 0 aromatic carbocycles. The largest absolute Gasteiger partial charge is 0.411 e. The fraction of sp³-hybridized carbons (Fsp3) is 0.889. The van der Waals surface area contributed by atoms with Crippen molar-refractivity contribution in [3.8, 4) is 0 Å². The average Bonchev–Trinajstić information content (AvgIpc) is 2.59. The first-order chi connectivity index (χ1) is 6.35. The molecule has 0 amide bonds. The summed E-state index contributed by atoms with van der Waals surface area (Å²) in [7, 11) is 0. The van der Waals surface area contributed by atoms with Crippen molar-refractivity contribution in [3.05, 3.63) is 0 Å². The van der Waals surface area contributed by atoms with Crippen molar-refractivity contribution in [3.63, 3.8) is 0 Å². The van der Waals surface area contributed by atoms with Gasteiger partial charge in [-0.25, -0.2) is 0 Å². The van der Waals surface area contributed by atoms with Gasteiger partial charge in [-0.05, 0) is 18.8 Å². The van der Waals surface area contributed by atoms with Crippen LogP contribution >= 0.6 is 0 Å². The van der Waals surface area contributed by atoms with Gasteiger partial charge in [0.15, 0.2) is 5.79 Å². The van der Waals surface area contributed by atoms with E-state index in [4.69, 9.17) is 14.7 Å². The summed E-state index contributed by atoms with van der Waals surface area (Å²) >= 11 is 0. The lowest BCUT2D eigenvalue weighted by Gasteiger charge is -2.33. The first-order valence-corrected chi connectivity index (χ1v) is 4.80. The fourth-order valence-corrected chi connectivity index (χ4v) is 2.11. The maximum Gasteiger partial charge on any atom is 0.168 e. The zero-order valence-electron chi connectivity index (χ0n) is 7.61. The molecular formula is C9H15NO3. The summed E-state index contributed by atoms with van der Waals surface area (Å²) in [6.45, 7) is 1.44. The molecule has 1 saturated carbocycles. The van der Waals surface area contributed by atoms with Crippen LogP contribution in [0.3, 0.4) is 0 Å². The van der Waals surface area contributed by atoms with Crippen LogP contribution in [0.2, 0.25) is 0 Å². The molecule has 74 valence electrons. The standard InChI is InChI=1S/C9H15NO3/c11-10-7-8-1-3-9(4-2-8)12-5-6-13-9/h7-8,11H,1-6H2/b10-7-. The first kappa shape index (κ1) is 8.97. The number of rotatable bonds is 1. The first-order valence-electron chi connectivity index (χ1n) is 4.80. The van der Waals surface area contributed by atoms with Crippen LogP contribution in [0, 0.1) is 5.92 Å². The van der Waals surface area contributed by atoms with Crippen molar-refractivity contribution in [2.24, 2.45) is 11.1 Å². The maximum absolute atomic E-state index is 8.38. The van der Waals surface area contributed by atoms with Crippen molar-refractivity contribution >= 4 is 6.21 Å². The van der Waals surface area contributed by atoms with Crippen LogP contribution in [0.15, 0.2) is 5.16 Å². The van der Waals surface area contributed by atoms with Crippen molar-refractivity contribution in [2.45, 2.75) is 31.5 Å². The molecule has 4 heteroatoms. The molecule has 2 fully saturated rings. The molecule has 0 unspecified atom stereocenters. The smallest absolute Gasteiger partial charge is 0.168 e. The molecule has 4 nitrogen and oxygen atoms in total. The van der Waals surface area contributed by atoms with Gasteiger partial charge in [0.1, 0.15) is 0 Å². The fourth-order valence-electron chi connectivity index (χ4n) is 2.11. The van der Waals surface area contributed by atoms with Crippen molar-refractivity contribution in [2.75, 3.05) is 13.2 Å². The number of nitrogens with zero attached hydrogens (tertiary/aromatic N) is 1. The number of hydrogen-bond acceptors (Lipinski definition) is 4. The van der Waals surface area contributed by atoms with E-state index in [1.807, 2.05) is 0 Å². The van der Waals surface area contributed by atoms with Crippen LogP contribution in [-0.2, 0) is 9.47 Å². The summed E-state index contributed by atoms with van der Waals surface area (Å²) < 4.78 is 11.2. The summed E-state index contributed by atoms with van der Waals surface area (Å²) in [5, 5.41) is 11.5. The minimum absolute atomic E-state index is 0.292. The van der Waals surface area contributed by atoms with Crippen LogP contribution in [0.1, 0.15) is 25.7 Å². The zero-order chi connectivity index (χ0) is 9.15. The zero-order valence-corrected chi connectivity index (χ0v) is 7.61. The molecule has 2 aliphatic rings. The molecule has 0 radical (unpaired) electrons. The van der Waals surface area contributed by atoms with E-state index < -0.39 is 0 Å². The second-order valence-electron chi connectivity index (χ2n) is 3.71. The van der Waals surface area contributed by atoms with E-state index in [1.54, 1.807) is 6.21 Å². The molecule has 1 aliphatic carbocycles.